The second kappa shape index (κ2) is 19.0. The minimum Gasteiger partial charge on any atom is -0.396 e. The van der Waals surface area contributed by atoms with Crippen LogP contribution in [0.4, 0.5) is 0 Å². The first kappa shape index (κ1) is 33.8. The van der Waals surface area contributed by atoms with Crippen molar-refractivity contribution < 1.29 is 20.4 Å². The van der Waals surface area contributed by atoms with Gasteiger partial charge in [0.05, 0.1) is 0 Å². The minimum atomic E-state index is -0.0276. The van der Waals surface area contributed by atoms with Crippen LogP contribution in [-0.4, -0.2) is 46.9 Å². The van der Waals surface area contributed by atoms with Crippen LogP contribution in [0.1, 0.15) is 131 Å². The van der Waals surface area contributed by atoms with Crippen molar-refractivity contribution in [1.29, 1.82) is 0 Å². The molecule has 0 aromatic rings. The summed E-state index contributed by atoms with van der Waals surface area (Å²) in [6.07, 6.45) is 14.6. The molecule has 0 amide bonds. The molecule has 0 saturated heterocycles. The van der Waals surface area contributed by atoms with Crippen molar-refractivity contribution in [3.8, 4) is 0 Å². The molecule has 0 aliphatic heterocycles. The molecule has 0 aliphatic carbocycles. The van der Waals surface area contributed by atoms with Crippen LogP contribution < -0.4 is 0 Å². The lowest BCUT2D eigenvalue weighted by Crippen LogP contribution is -2.42. The Morgan fingerprint density at radius 2 is 0.941 bits per heavy atom. The zero-order valence-corrected chi connectivity index (χ0v) is 23.8. The predicted molar refractivity (Wildman–Crippen MR) is 146 cm³/mol. The molecule has 4 atom stereocenters. The van der Waals surface area contributed by atoms with Gasteiger partial charge in [-0.25, -0.2) is 0 Å². The van der Waals surface area contributed by atoms with E-state index in [0.29, 0.717) is 5.92 Å². The molecule has 0 rings (SSSR count). The van der Waals surface area contributed by atoms with Crippen LogP contribution in [0.15, 0.2) is 0 Å². The van der Waals surface area contributed by atoms with Gasteiger partial charge < -0.3 is 20.4 Å². The SMILES string of the molecule is CCCC(CCC)(CCC(CO)CCC(CO)C(CCC)(CCC)C(CC)CO)C(CC)CO. The molecular formula is C30H62O4. The first-order chi connectivity index (χ1) is 16.4. The lowest BCUT2D eigenvalue weighted by Gasteiger charge is -2.46. The van der Waals surface area contributed by atoms with Gasteiger partial charge in [0.15, 0.2) is 0 Å². The Kier molecular flexibility index (Phi) is 18.9. The highest BCUT2D eigenvalue weighted by molar-refractivity contribution is 4.92. The number of rotatable bonds is 23. The first-order valence-electron chi connectivity index (χ1n) is 14.8. The fourth-order valence-corrected chi connectivity index (χ4v) is 7.48. The average Bonchev–Trinajstić information content (AvgIpc) is 2.83. The summed E-state index contributed by atoms with van der Waals surface area (Å²) in [6, 6.07) is 0. The van der Waals surface area contributed by atoms with Gasteiger partial charge in [-0.05, 0) is 85.9 Å². The van der Waals surface area contributed by atoms with E-state index in [-0.39, 0.29) is 55.0 Å². The first-order valence-corrected chi connectivity index (χ1v) is 14.8. The normalized spacial score (nSPS) is 16.4. The Bertz CT molecular complexity index is 447. The van der Waals surface area contributed by atoms with Gasteiger partial charge >= 0.3 is 0 Å². The topological polar surface area (TPSA) is 80.9 Å². The molecule has 4 nitrogen and oxygen atoms in total. The molecule has 0 aromatic carbocycles. The molecule has 0 saturated carbocycles. The van der Waals surface area contributed by atoms with Gasteiger partial charge in [0.2, 0.25) is 0 Å². The predicted octanol–water partition coefficient (Wildman–Crippen LogP) is 6.97. The lowest BCUT2D eigenvalue weighted by molar-refractivity contribution is -0.0246. The summed E-state index contributed by atoms with van der Waals surface area (Å²) in [5.74, 6) is 0.936. The van der Waals surface area contributed by atoms with E-state index in [1.54, 1.807) is 0 Å². The minimum absolute atomic E-state index is 0.0276. The van der Waals surface area contributed by atoms with Crippen molar-refractivity contribution in [3.05, 3.63) is 0 Å². The third kappa shape index (κ3) is 9.37. The van der Waals surface area contributed by atoms with E-state index >= 15 is 0 Å². The van der Waals surface area contributed by atoms with Gasteiger partial charge in [0, 0.05) is 26.4 Å². The molecule has 4 unspecified atom stereocenters. The molecule has 0 aromatic heterocycles. The van der Waals surface area contributed by atoms with Crippen LogP contribution in [0, 0.1) is 34.5 Å². The van der Waals surface area contributed by atoms with E-state index in [4.69, 9.17) is 0 Å². The van der Waals surface area contributed by atoms with Gasteiger partial charge in [0.25, 0.3) is 0 Å². The highest BCUT2D eigenvalue weighted by Gasteiger charge is 2.42. The molecule has 0 radical (unpaired) electrons. The second-order valence-electron chi connectivity index (χ2n) is 11.2. The van der Waals surface area contributed by atoms with Crippen LogP contribution in [0.25, 0.3) is 0 Å². The Labute approximate surface area is 212 Å². The largest absolute Gasteiger partial charge is 0.396 e. The van der Waals surface area contributed by atoms with Gasteiger partial charge in [-0.15, -0.1) is 0 Å². The van der Waals surface area contributed by atoms with E-state index < -0.39 is 0 Å². The smallest absolute Gasteiger partial charge is 0.0464 e. The Morgan fingerprint density at radius 1 is 0.471 bits per heavy atom. The number of hydrogen-bond donors (Lipinski definition) is 4. The van der Waals surface area contributed by atoms with Crippen molar-refractivity contribution in [1.82, 2.24) is 0 Å². The summed E-state index contributed by atoms with van der Waals surface area (Å²) in [7, 11) is 0. The van der Waals surface area contributed by atoms with E-state index in [2.05, 4.69) is 41.5 Å². The molecule has 0 spiro atoms. The van der Waals surface area contributed by atoms with E-state index in [0.717, 1.165) is 89.9 Å². The molecular weight excluding hydrogens is 424 g/mol. The molecule has 0 heterocycles. The molecule has 0 bridgehead atoms. The highest BCUT2D eigenvalue weighted by Crippen LogP contribution is 2.49. The third-order valence-corrected chi connectivity index (χ3v) is 9.30. The fourth-order valence-electron chi connectivity index (χ4n) is 7.48. The van der Waals surface area contributed by atoms with Gasteiger partial charge in [-0.1, -0.05) is 80.1 Å². The third-order valence-electron chi connectivity index (χ3n) is 9.30. The monoisotopic (exact) mass is 486 g/mol. The van der Waals surface area contributed by atoms with Crippen LogP contribution in [-0.2, 0) is 0 Å². The van der Waals surface area contributed by atoms with Gasteiger partial charge in [0.1, 0.15) is 0 Å². The molecule has 0 aliphatic rings. The number of aliphatic hydroxyl groups excluding tert-OH is 4. The van der Waals surface area contributed by atoms with Crippen LogP contribution in [0.5, 0.6) is 0 Å². The average molecular weight is 487 g/mol. The standard InChI is InChI=1S/C30H62O4/c1-7-16-29(17-8-2,26(11-5)22-32)20-15-25(21-31)13-14-28(24-34)30(18-9-3,19-10-4)27(12-6)23-33/h25-28,31-34H,7-24H2,1-6H3. The fraction of sp³-hybridized carbons (Fsp3) is 1.00. The van der Waals surface area contributed by atoms with E-state index in [9.17, 15) is 20.4 Å². The molecule has 206 valence electrons. The summed E-state index contributed by atoms with van der Waals surface area (Å²) in [6.45, 7) is 14.1. The van der Waals surface area contributed by atoms with Gasteiger partial charge in [-0.2, -0.15) is 0 Å². The summed E-state index contributed by atoms with van der Waals surface area (Å²) in [5.41, 5.74) is 0.134. The van der Waals surface area contributed by atoms with Crippen molar-refractivity contribution in [3.63, 3.8) is 0 Å². The van der Waals surface area contributed by atoms with Crippen molar-refractivity contribution >= 4 is 0 Å². The van der Waals surface area contributed by atoms with E-state index in [1.807, 2.05) is 0 Å². The molecule has 4 N–H and O–H groups in total. The summed E-state index contributed by atoms with van der Waals surface area (Å²) in [5, 5.41) is 41.1. The zero-order valence-electron chi connectivity index (χ0n) is 23.8. The Morgan fingerprint density at radius 3 is 1.29 bits per heavy atom. The quantitative estimate of drug-likeness (QED) is 0.126. The highest BCUT2D eigenvalue weighted by atomic mass is 16.3. The van der Waals surface area contributed by atoms with Crippen LogP contribution in [0.2, 0.25) is 0 Å². The van der Waals surface area contributed by atoms with Crippen molar-refractivity contribution in [2.75, 3.05) is 26.4 Å². The Balaban J connectivity index is 5.60. The van der Waals surface area contributed by atoms with Crippen molar-refractivity contribution in [2.24, 2.45) is 34.5 Å². The molecule has 4 heteroatoms. The summed E-state index contributed by atoms with van der Waals surface area (Å²) in [4.78, 5) is 0. The second-order valence-corrected chi connectivity index (χ2v) is 11.2. The molecule has 34 heavy (non-hydrogen) atoms. The van der Waals surface area contributed by atoms with Crippen LogP contribution >= 0.6 is 0 Å². The maximum Gasteiger partial charge on any atom is 0.0464 e. The van der Waals surface area contributed by atoms with E-state index in [1.165, 1.54) is 0 Å². The maximum absolute atomic E-state index is 10.5. The summed E-state index contributed by atoms with van der Waals surface area (Å²) < 4.78 is 0. The number of aliphatic hydroxyl groups is 4. The Hall–Kier alpha value is -0.160. The molecule has 0 fully saturated rings. The lowest BCUT2D eigenvalue weighted by atomic mass is 9.59. The summed E-state index contributed by atoms with van der Waals surface area (Å²) >= 11 is 0. The maximum atomic E-state index is 10.5. The zero-order chi connectivity index (χ0) is 26.0. The van der Waals surface area contributed by atoms with Crippen LogP contribution in [0.3, 0.4) is 0 Å². The van der Waals surface area contributed by atoms with Gasteiger partial charge in [-0.3, -0.25) is 0 Å². The van der Waals surface area contributed by atoms with Crippen molar-refractivity contribution in [2.45, 2.75) is 131 Å². The number of hydrogen-bond acceptors (Lipinski definition) is 4.